The first-order valence-corrected chi connectivity index (χ1v) is 15.1. The molecule has 9 nitrogen and oxygen atoms in total. The molecule has 0 aliphatic carbocycles. The van der Waals surface area contributed by atoms with Gasteiger partial charge in [0.25, 0.3) is 6.49 Å². The van der Waals surface area contributed by atoms with Gasteiger partial charge in [-0.3, -0.25) is 0 Å². The van der Waals surface area contributed by atoms with E-state index in [1.54, 1.807) is 108 Å². The third kappa shape index (κ3) is 9.60. The lowest BCUT2D eigenvalue weighted by Crippen LogP contribution is -2.29. The standard InChI is InChI=1S/C24H27N6O3PS.CHCl3/c1-28(25-16-19-10-4-7-13-22(19)31)34(35,29(2)26-17-20-11-5-8-14-23(20)32)30(3)27-18-21-12-6-9-15-24(21)33;2-1(3)4/h4-18,31-33H,1-3H3;1H/b25-16+,26-17+,27-18+;. The first kappa shape index (κ1) is 32.2. The zero-order valence-electron chi connectivity index (χ0n) is 21.3. The first-order valence-electron chi connectivity index (χ1n) is 11.2. The molecule has 208 valence electrons. The van der Waals surface area contributed by atoms with Crippen LogP contribution in [-0.4, -0.2) is 73.7 Å². The molecule has 0 saturated carbocycles. The fraction of sp³-hybridized carbons (Fsp3) is 0.160. The summed E-state index contributed by atoms with van der Waals surface area (Å²) in [6, 6.07) is 20.5. The van der Waals surface area contributed by atoms with Gasteiger partial charge in [0.15, 0.2) is 4.30 Å². The molecule has 3 aromatic carbocycles. The summed E-state index contributed by atoms with van der Waals surface area (Å²) in [5.74, 6) is 0.277. The van der Waals surface area contributed by atoms with Crippen molar-refractivity contribution in [1.82, 2.24) is 14.3 Å². The average molecular weight is 630 g/mol. The Bertz CT molecular complexity index is 1200. The molecular weight excluding hydrogens is 602 g/mol. The minimum atomic E-state index is -2.95. The molecule has 3 rings (SSSR count). The normalized spacial score (nSPS) is 11.7. The molecule has 0 aliphatic heterocycles. The van der Waals surface area contributed by atoms with Crippen molar-refractivity contribution in [3.8, 4) is 17.2 Å². The van der Waals surface area contributed by atoms with Crippen LogP contribution in [0.15, 0.2) is 88.1 Å². The number of hydrogen-bond donors (Lipinski definition) is 3. The van der Waals surface area contributed by atoms with Crippen molar-refractivity contribution in [3.63, 3.8) is 0 Å². The molecule has 3 aromatic rings. The highest BCUT2D eigenvalue weighted by Gasteiger charge is 2.32. The smallest absolute Gasteiger partial charge is 0.265 e. The average Bonchev–Trinajstić information content (AvgIpc) is 2.90. The number of nitrogens with zero attached hydrogens (tertiary/aromatic N) is 6. The Morgan fingerprint density at radius 3 is 1.08 bits per heavy atom. The van der Waals surface area contributed by atoms with Crippen LogP contribution < -0.4 is 0 Å². The van der Waals surface area contributed by atoms with Gasteiger partial charge in [-0.25, -0.2) is 14.3 Å². The molecule has 0 aliphatic rings. The van der Waals surface area contributed by atoms with Crippen molar-refractivity contribution in [3.05, 3.63) is 89.5 Å². The molecule has 0 amide bonds. The zero-order valence-corrected chi connectivity index (χ0v) is 25.2. The number of hydrazone groups is 3. The summed E-state index contributed by atoms with van der Waals surface area (Å²) < 4.78 is 3.96. The van der Waals surface area contributed by atoms with Gasteiger partial charge in [-0.15, -0.1) is 0 Å². The van der Waals surface area contributed by atoms with E-state index >= 15 is 0 Å². The second-order valence-electron chi connectivity index (χ2n) is 7.64. The number of hydrogen-bond acceptors (Lipinski definition) is 7. The van der Waals surface area contributed by atoms with Crippen molar-refractivity contribution in [2.75, 3.05) is 21.1 Å². The minimum absolute atomic E-state index is 0.0924. The van der Waals surface area contributed by atoms with Gasteiger partial charge in [0.1, 0.15) is 17.2 Å². The topological polar surface area (TPSA) is 107 Å². The zero-order chi connectivity index (χ0) is 29.0. The fourth-order valence-electron chi connectivity index (χ4n) is 2.99. The van der Waals surface area contributed by atoms with Gasteiger partial charge in [-0.1, -0.05) is 71.2 Å². The SMILES string of the molecule is CN(/N=C/c1ccccc1O)P(=S)(N(C)/N=C/c1ccccc1O)N(C)/N=C/c1ccccc1O.ClC(Cl)Cl. The molecule has 39 heavy (non-hydrogen) atoms. The maximum Gasteiger partial charge on any atom is 0.265 e. The van der Waals surface area contributed by atoms with E-state index < -0.39 is 10.8 Å². The Balaban J connectivity index is 0.00000124. The van der Waals surface area contributed by atoms with E-state index in [4.69, 9.17) is 46.6 Å². The van der Waals surface area contributed by atoms with E-state index in [0.29, 0.717) is 16.7 Å². The summed E-state index contributed by atoms with van der Waals surface area (Å²) in [4.78, 5) is 0. The van der Waals surface area contributed by atoms with E-state index in [9.17, 15) is 15.3 Å². The summed E-state index contributed by atoms with van der Waals surface area (Å²) in [5, 5.41) is 43.7. The summed E-state index contributed by atoms with van der Waals surface area (Å²) in [7, 11) is 5.11. The Morgan fingerprint density at radius 2 is 0.846 bits per heavy atom. The van der Waals surface area contributed by atoms with Crippen LogP contribution in [0, 0.1) is 0 Å². The van der Waals surface area contributed by atoms with Crippen LogP contribution in [0.5, 0.6) is 17.2 Å². The van der Waals surface area contributed by atoms with Crippen LogP contribution in [0.25, 0.3) is 0 Å². The van der Waals surface area contributed by atoms with Crippen LogP contribution in [0.1, 0.15) is 16.7 Å². The summed E-state index contributed by atoms with van der Waals surface area (Å²) >= 11 is 20.5. The lowest BCUT2D eigenvalue weighted by Gasteiger charge is -2.39. The Morgan fingerprint density at radius 1 is 0.615 bits per heavy atom. The van der Waals surface area contributed by atoms with Gasteiger partial charge >= 0.3 is 0 Å². The molecule has 0 unspecified atom stereocenters. The molecule has 0 spiro atoms. The maximum atomic E-state index is 10.1. The van der Waals surface area contributed by atoms with Gasteiger partial charge in [-0.2, -0.15) is 15.3 Å². The monoisotopic (exact) mass is 628 g/mol. The number of alkyl halides is 3. The molecule has 0 bridgehead atoms. The Hall–Kier alpha value is -3.01. The predicted octanol–water partition coefficient (Wildman–Crippen LogP) is 6.21. The van der Waals surface area contributed by atoms with E-state index in [0.717, 1.165) is 0 Å². The van der Waals surface area contributed by atoms with E-state index in [1.807, 2.05) is 0 Å². The second kappa shape index (κ2) is 15.5. The Kier molecular flexibility index (Phi) is 12.8. The molecule has 0 radical (unpaired) electrons. The molecule has 0 heterocycles. The number of phenols is 3. The number of halogens is 3. The molecule has 0 saturated heterocycles. The minimum Gasteiger partial charge on any atom is -0.507 e. The van der Waals surface area contributed by atoms with E-state index in [1.165, 1.54) is 18.6 Å². The lowest BCUT2D eigenvalue weighted by molar-refractivity contribution is 0.417. The molecular formula is C25H28Cl3N6O3PS. The van der Waals surface area contributed by atoms with Crippen molar-refractivity contribution in [1.29, 1.82) is 0 Å². The number of aromatic hydroxyl groups is 3. The summed E-state index contributed by atoms with van der Waals surface area (Å²) in [6.45, 7) is -2.95. The third-order valence-electron chi connectivity index (χ3n) is 5.03. The largest absolute Gasteiger partial charge is 0.507 e. The number of phenolic OH excluding ortho intramolecular Hbond substituents is 3. The lowest BCUT2D eigenvalue weighted by atomic mass is 10.2. The van der Waals surface area contributed by atoms with Crippen molar-refractivity contribution in [2.24, 2.45) is 15.3 Å². The van der Waals surface area contributed by atoms with Crippen molar-refractivity contribution in [2.45, 2.75) is 4.30 Å². The molecule has 0 aromatic heterocycles. The van der Waals surface area contributed by atoms with Crippen LogP contribution in [0.4, 0.5) is 0 Å². The molecule has 0 fully saturated rings. The van der Waals surface area contributed by atoms with Gasteiger partial charge < -0.3 is 15.3 Å². The highest BCUT2D eigenvalue weighted by Crippen LogP contribution is 2.55. The first-order chi connectivity index (χ1) is 18.5. The van der Waals surface area contributed by atoms with Crippen LogP contribution in [0.2, 0.25) is 0 Å². The number of rotatable bonds is 9. The fourth-order valence-corrected chi connectivity index (χ4v) is 5.05. The molecule has 3 N–H and O–H groups in total. The second-order valence-corrected chi connectivity index (χ2v) is 13.9. The van der Waals surface area contributed by atoms with E-state index in [2.05, 4.69) is 15.3 Å². The van der Waals surface area contributed by atoms with Crippen molar-refractivity contribution >= 4 is 71.7 Å². The van der Waals surface area contributed by atoms with Crippen molar-refractivity contribution < 1.29 is 15.3 Å². The highest BCUT2D eigenvalue weighted by atomic mass is 35.6. The summed E-state index contributed by atoms with van der Waals surface area (Å²) in [5.41, 5.74) is 1.59. The third-order valence-corrected chi connectivity index (χ3v) is 9.73. The van der Waals surface area contributed by atoms with Gasteiger partial charge in [-0.05, 0) is 48.2 Å². The van der Waals surface area contributed by atoms with Crippen LogP contribution in [-0.2, 0) is 11.8 Å². The van der Waals surface area contributed by atoms with Gasteiger partial charge in [0.05, 0.1) is 18.6 Å². The maximum absolute atomic E-state index is 10.1. The van der Waals surface area contributed by atoms with Gasteiger partial charge in [0, 0.05) is 37.8 Å². The van der Waals surface area contributed by atoms with Crippen LogP contribution in [0.3, 0.4) is 0 Å². The Labute approximate surface area is 248 Å². The highest BCUT2D eigenvalue weighted by molar-refractivity contribution is 8.11. The quantitative estimate of drug-likeness (QED) is 0.112. The number of benzene rings is 3. The summed E-state index contributed by atoms with van der Waals surface area (Å²) in [6.07, 6.45) is 4.53. The number of para-hydroxylation sites is 3. The van der Waals surface area contributed by atoms with Gasteiger partial charge in [0.2, 0.25) is 0 Å². The molecule has 0 atom stereocenters. The predicted molar refractivity (Wildman–Crippen MR) is 166 cm³/mol. The van der Waals surface area contributed by atoms with E-state index in [-0.39, 0.29) is 17.2 Å². The molecule has 14 heteroatoms. The van der Waals surface area contributed by atoms with Crippen LogP contribution >= 0.6 is 41.3 Å².